The van der Waals surface area contributed by atoms with Crippen molar-refractivity contribution in [3.8, 4) is 5.75 Å². The molecule has 0 aliphatic rings. The Morgan fingerprint density at radius 2 is 1.37 bits per heavy atom. The summed E-state index contributed by atoms with van der Waals surface area (Å²) in [6.07, 6.45) is 21.3. The Balaban J connectivity index is 1.36. The quantitative estimate of drug-likeness (QED) is 0.0969. The lowest BCUT2D eigenvalue weighted by Crippen LogP contribution is -2.30. The lowest BCUT2D eigenvalue weighted by Gasteiger charge is -2.23. The van der Waals surface area contributed by atoms with Gasteiger partial charge in [0.25, 0.3) is 0 Å². The summed E-state index contributed by atoms with van der Waals surface area (Å²) in [5.41, 5.74) is 6.28. The number of unbranched alkanes of at least 4 members (excludes halogenated alkanes) is 13. The Labute approximate surface area is 266 Å². The zero-order valence-electron chi connectivity index (χ0n) is 27.5. The van der Waals surface area contributed by atoms with Crippen LogP contribution < -0.4 is 14.6 Å². The lowest BCUT2D eigenvalue weighted by molar-refractivity contribution is -0.683. The van der Waals surface area contributed by atoms with E-state index in [0.29, 0.717) is 6.42 Å². The molecule has 0 atom stereocenters. The molecule has 1 aromatic heterocycles. The fourth-order valence-electron chi connectivity index (χ4n) is 5.54. The summed E-state index contributed by atoms with van der Waals surface area (Å²) in [6, 6.07) is 14.4. The van der Waals surface area contributed by atoms with Crippen LogP contribution in [0.1, 0.15) is 134 Å². The molecule has 0 fully saturated rings. The van der Waals surface area contributed by atoms with Crippen molar-refractivity contribution in [2.75, 3.05) is 11.9 Å². The third kappa shape index (κ3) is 14.1. The van der Waals surface area contributed by atoms with Crippen LogP contribution in [0.3, 0.4) is 0 Å². The number of rotatable bonds is 21. The van der Waals surface area contributed by atoms with Crippen molar-refractivity contribution in [2.45, 2.75) is 136 Å². The minimum Gasteiger partial charge on any atom is -0.493 e. The normalized spacial score (nSPS) is 11.5. The number of benzene rings is 2. The maximum Gasteiger partial charge on any atom is 0.228 e. The van der Waals surface area contributed by atoms with Crippen molar-refractivity contribution in [3.63, 3.8) is 0 Å². The maximum atomic E-state index is 12.9. The van der Waals surface area contributed by atoms with Crippen LogP contribution in [0.15, 0.2) is 59.6 Å². The van der Waals surface area contributed by atoms with Crippen LogP contribution in [0.2, 0.25) is 0 Å². The van der Waals surface area contributed by atoms with E-state index in [-0.39, 0.29) is 11.3 Å². The van der Waals surface area contributed by atoms with Crippen molar-refractivity contribution in [3.05, 3.63) is 76.2 Å². The summed E-state index contributed by atoms with van der Waals surface area (Å²) in [5, 5.41) is 5.13. The van der Waals surface area contributed by atoms with Crippen LogP contribution in [0.4, 0.5) is 5.69 Å². The smallest absolute Gasteiger partial charge is 0.228 e. The highest BCUT2D eigenvalue weighted by atomic mass is 32.1. The number of carbonyl (C=O) groups is 1. The molecule has 0 aliphatic carbocycles. The number of thiazole rings is 1. The summed E-state index contributed by atoms with van der Waals surface area (Å²) in [4.78, 5) is 12.9. The monoisotopic (exact) mass is 605 g/mol. The Morgan fingerprint density at radius 1 is 0.791 bits per heavy atom. The highest BCUT2D eigenvalue weighted by molar-refractivity contribution is 7.07. The van der Waals surface area contributed by atoms with E-state index in [4.69, 9.17) is 4.74 Å². The van der Waals surface area contributed by atoms with Crippen molar-refractivity contribution in [1.29, 1.82) is 0 Å². The summed E-state index contributed by atoms with van der Waals surface area (Å²) in [7, 11) is 0. The second-order valence-corrected chi connectivity index (χ2v) is 13.9. The number of nitrogens with one attached hydrogen (secondary N) is 1. The first kappa shape index (κ1) is 34.8. The van der Waals surface area contributed by atoms with E-state index < -0.39 is 0 Å². The third-order valence-electron chi connectivity index (χ3n) is 8.10. The standard InChI is InChI=1S/C38H56N2O2S/c1-5-6-7-8-9-10-11-12-13-14-15-16-17-18-26-42-36-28-33(21-24-35(36)38(2,3)4)29-37(41)39-34-22-19-32(20-23-34)30-40-25-27-43-31-40/h19-25,27-28,31H,5-18,26,29-30H2,1-4H3/p+1. The number of amides is 1. The number of ether oxygens (including phenoxy) is 1. The van der Waals surface area contributed by atoms with E-state index in [2.05, 4.69) is 85.0 Å². The van der Waals surface area contributed by atoms with Crippen molar-refractivity contribution in [1.82, 2.24) is 0 Å². The van der Waals surface area contributed by atoms with Gasteiger partial charge in [0.15, 0.2) is 12.7 Å². The number of hydrogen-bond acceptors (Lipinski definition) is 3. The van der Waals surface area contributed by atoms with Gasteiger partial charge in [-0.25, -0.2) is 0 Å². The van der Waals surface area contributed by atoms with Gasteiger partial charge < -0.3 is 10.1 Å². The molecule has 3 aromatic rings. The number of nitrogens with zero attached hydrogens (tertiary/aromatic N) is 1. The molecular weight excluding hydrogens is 548 g/mol. The number of aromatic nitrogens is 1. The molecule has 1 amide bonds. The minimum atomic E-state index is -0.0192. The average molecular weight is 606 g/mol. The van der Waals surface area contributed by atoms with Gasteiger partial charge in [-0.1, -0.05) is 147 Å². The highest BCUT2D eigenvalue weighted by Crippen LogP contribution is 2.32. The van der Waals surface area contributed by atoms with Gasteiger partial charge in [-0.05, 0) is 41.2 Å². The minimum absolute atomic E-state index is 0.0126. The summed E-state index contributed by atoms with van der Waals surface area (Å²) < 4.78 is 8.49. The fraction of sp³-hybridized carbons (Fsp3) is 0.579. The molecule has 3 rings (SSSR count). The molecular formula is C38H57N2O2S+. The number of hydrogen-bond donors (Lipinski definition) is 1. The second kappa shape index (κ2) is 19.6. The van der Waals surface area contributed by atoms with Crippen LogP contribution in [-0.4, -0.2) is 12.5 Å². The first-order chi connectivity index (χ1) is 20.8. The van der Waals surface area contributed by atoms with Gasteiger partial charge in [-0.3, -0.25) is 4.79 Å². The van der Waals surface area contributed by atoms with Crippen molar-refractivity contribution >= 4 is 22.9 Å². The van der Waals surface area contributed by atoms with E-state index >= 15 is 0 Å². The van der Waals surface area contributed by atoms with Crippen molar-refractivity contribution < 1.29 is 14.1 Å². The van der Waals surface area contributed by atoms with Gasteiger partial charge in [0.1, 0.15) is 5.75 Å². The van der Waals surface area contributed by atoms with Gasteiger partial charge in [0.2, 0.25) is 11.4 Å². The highest BCUT2D eigenvalue weighted by Gasteiger charge is 2.20. The van der Waals surface area contributed by atoms with Crippen LogP contribution in [0, 0.1) is 0 Å². The molecule has 0 unspecified atom stereocenters. The van der Waals surface area contributed by atoms with E-state index in [0.717, 1.165) is 36.6 Å². The largest absolute Gasteiger partial charge is 0.493 e. The molecule has 2 aromatic carbocycles. The molecule has 0 spiro atoms. The van der Waals surface area contributed by atoms with Crippen LogP contribution in [0.5, 0.6) is 5.75 Å². The van der Waals surface area contributed by atoms with Gasteiger partial charge in [0, 0.05) is 11.3 Å². The van der Waals surface area contributed by atoms with Crippen LogP contribution >= 0.6 is 11.3 Å². The summed E-state index contributed by atoms with van der Waals surface area (Å²) >= 11 is 1.68. The first-order valence-electron chi connectivity index (χ1n) is 16.9. The van der Waals surface area contributed by atoms with E-state index in [9.17, 15) is 4.79 Å². The predicted octanol–water partition coefficient (Wildman–Crippen LogP) is 10.4. The topological polar surface area (TPSA) is 42.2 Å². The molecule has 0 aliphatic heterocycles. The maximum absolute atomic E-state index is 12.9. The predicted molar refractivity (Wildman–Crippen MR) is 183 cm³/mol. The third-order valence-corrected chi connectivity index (χ3v) is 8.78. The SMILES string of the molecule is CCCCCCCCCCCCCCCCOc1cc(CC(=O)Nc2ccc(C[n+]3ccsc3)cc2)ccc1C(C)(C)C. The van der Waals surface area contributed by atoms with Crippen LogP contribution in [0.25, 0.3) is 0 Å². The van der Waals surface area contributed by atoms with E-state index in [1.165, 1.54) is 94.6 Å². The molecule has 5 heteroatoms. The number of carbonyl (C=O) groups excluding carboxylic acids is 1. The summed E-state index contributed by atoms with van der Waals surface area (Å²) in [6.45, 7) is 10.5. The van der Waals surface area contributed by atoms with Gasteiger partial charge in [-0.2, -0.15) is 4.57 Å². The molecule has 4 nitrogen and oxygen atoms in total. The van der Waals surface area contributed by atoms with Gasteiger partial charge >= 0.3 is 0 Å². The Kier molecular flexibility index (Phi) is 15.9. The van der Waals surface area contributed by atoms with E-state index in [1.54, 1.807) is 11.3 Å². The lowest BCUT2D eigenvalue weighted by atomic mass is 9.85. The zero-order valence-corrected chi connectivity index (χ0v) is 28.3. The van der Waals surface area contributed by atoms with Crippen LogP contribution in [-0.2, 0) is 23.2 Å². The van der Waals surface area contributed by atoms with Crippen molar-refractivity contribution in [2.24, 2.45) is 0 Å². The molecule has 0 saturated heterocycles. The Bertz CT molecular complexity index is 1170. The molecule has 0 saturated carbocycles. The Morgan fingerprint density at radius 3 is 1.93 bits per heavy atom. The molecule has 43 heavy (non-hydrogen) atoms. The molecule has 0 bridgehead atoms. The van der Waals surface area contributed by atoms with Gasteiger partial charge in [0.05, 0.1) is 18.4 Å². The molecule has 1 heterocycles. The fourth-order valence-corrected chi connectivity index (χ4v) is 6.14. The summed E-state index contributed by atoms with van der Waals surface area (Å²) in [5.74, 6) is 0.907. The number of anilines is 1. The molecule has 236 valence electrons. The Hall–Kier alpha value is -2.66. The zero-order chi connectivity index (χ0) is 30.8. The van der Waals surface area contributed by atoms with E-state index in [1.807, 2.05) is 12.1 Å². The average Bonchev–Trinajstić information content (AvgIpc) is 3.49. The molecule has 1 N–H and O–H groups in total. The van der Waals surface area contributed by atoms with Gasteiger partial charge in [-0.15, -0.1) is 0 Å². The first-order valence-corrected chi connectivity index (χ1v) is 17.9. The molecule has 0 radical (unpaired) electrons. The second-order valence-electron chi connectivity index (χ2n) is 13.1.